The van der Waals surface area contributed by atoms with E-state index in [1.165, 1.54) is 119 Å². The van der Waals surface area contributed by atoms with E-state index in [2.05, 4.69) is 215 Å². The Morgan fingerprint density at radius 1 is 0.469 bits per heavy atom. The van der Waals surface area contributed by atoms with Crippen LogP contribution in [0.25, 0.3) is 52.5 Å². The monoisotopic (exact) mass is 880 g/mol. The van der Waals surface area contributed by atoms with Gasteiger partial charge in [-0.1, -0.05) is 133 Å². The molecule has 0 N–H and O–H groups in total. The normalized spacial score (nSPS) is 13.5. The van der Waals surface area contributed by atoms with Gasteiger partial charge in [0.1, 0.15) is 0 Å². The van der Waals surface area contributed by atoms with Crippen LogP contribution in [0.5, 0.6) is 0 Å². The van der Waals surface area contributed by atoms with Gasteiger partial charge >= 0.3 is 0 Å². The van der Waals surface area contributed by atoms with Gasteiger partial charge in [0.2, 0.25) is 0 Å². The molecule has 2 aliphatic rings. The number of benzene rings is 7. The van der Waals surface area contributed by atoms with Crippen LogP contribution in [-0.2, 0) is 10.8 Å². The van der Waals surface area contributed by atoms with Crippen LogP contribution in [0, 0.1) is 13.8 Å². The van der Waals surface area contributed by atoms with Gasteiger partial charge in [-0.3, -0.25) is 0 Å². The highest BCUT2D eigenvalue weighted by Gasteiger charge is 2.46. The van der Waals surface area contributed by atoms with Crippen LogP contribution in [0.2, 0.25) is 0 Å². The summed E-state index contributed by atoms with van der Waals surface area (Å²) in [5, 5.41) is 9.98. The maximum atomic E-state index is 2.65. The molecule has 10 aromatic rings. The van der Waals surface area contributed by atoms with E-state index >= 15 is 0 Å². The molecule has 0 amide bonds. The fourth-order valence-electron chi connectivity index (χ4n) is 10.5. The van der Waals surface area contributed by atoms with Crippen molar-refractivity contribution in [1.82, 2.24) is 0 Å². The molecule has 64 heavy (non-hydrogen) atoms. The van der Waals surface area contributed by atoms with Gasteiger partial charge in [-0.05, 0) is 139 Å². The molecule has 0 saturated heterocycles. The van der Waals surface area contributed by atoms with E-state index in [0.717, 1.165) is 5.69 Å². The van der Waals surface area contributed by atoms with E-state index in [4.69, 9.17) is 0 Å². The number of anilines is 6. The van der Waals surface area contributed by atoms with Crippen molar-refractivity contribution in [3.05, 3.63) is 173 Å². The zero-order valence-electron chi connectivity index (χ0n) is 37.6. The van der Waals surface area contributed by atoms with Crippen LogP contribution >= 0.6 is 34.0 Å². The molecule has 0 saturated carbocycles. The number of hydrogen-bond donors (Lipinski definition) is 0. The Bertz CT molecular complexity index is 3490. The summed E-state index contributed by atoms with van der Waals surface area (Å²) in [5.41, 5.74) is 20.8. The summed E-state index contributed by atoms with van der Waals surface area (Å²) in [5.74, 6) is 0. The number of aryl methyl sites for hydroxylation is 2. The zero-order chi connectivity index (χ0) is 43.8. The van der Waals surface area contributed by atoms with Gasteiger partial charge in [0.25, 0.3) is 6.71 Å². The Balaban J connectivity index is 1.15. The van der Waals surface area contributed by atoms with Crippen LogP contribution in [0.4, 0.5) is 33.4 Å². The summed E-state index contributed by atoms with van der Waals surface area (Å²) in [7, 11) is 0. The smallest absolute Gasteiger partial charge is 0.254 e. The second-order valence-electron chi connectivity index (χ2n) is 19.9. The maximum absolute atomic E-state index is 2.65. The first kappa shape index (κ1) is 39.7. The highest BCUT2D eigenvalue weighted by molar-refractivity contribution is 7.26. The van der Waals surface area contributed by atoms with Crippen LogP contribution in [0.1, 0.15) is 63.8 Å². The van der Waals surface area contributed by atoms with Crippen molar-refractivity contribution < 1.29 is 0 Å². The van der Waals surface area contributed by atoms with Gasteiger partial charge in [-0.15, -0.1) is 34.0 Å². The lowest BCUT2D eigenvalue weighted by molar-refractivity contribution is 0.589. The first-order valence-electron chi connectivity index (χ1n) is 22.4. The fraction of sp³-hybridized carbons (Fsp3) is 0.172. The van der Waals surface area contributed by atoms with Crippen molar-refractivity contribution in [2.75, 3.05) is 9.80 Å². The third-order valence-electron chi connectivity index (χ3n) is 13.8. The lowest BCUT2D eigenvalue weighted by Crippen LogP contribution is -2.61. The third kappa shape index (κ3) is 6.02. The number of thiophene rings is 3. The molecule has 0 unspecified atom stereocenters. The Kier molecular flexibility index (Phi) is 8.86. The highest BCUT2D eigenvalue weighted by Crippen LogP contribution is 2.50. The van der Waals surface area contributed by atoms with Gasteiger partial charge in [-0.25, -0.2) is 0 Å². The van der Waals surface area contributed by atoms with Crippen molar-refractivity contribution in [2.45, 2.75) is 66.2 Å². The molecule has 0 bridgehead atoms. The largest absolute Gasteiger partial charge is 0.311 e. The summed E-state index contributed by atoms with van der Waals surface area (Å²) >= 11 is 5.61. The quantitative estimate of drug-likeness (QED) is 0.163. The molecule has 7 aromatic carbocycles. The summed E-state index contributed by atoms with van der Waals surface area (Å²) in [6, 6.07) is 53.5. The standard InChI is InChI=1S/C58H49BN2S3/c1-34-28-39(58(6,7)8)29-35(2)55(34)61-49-17-13-16-48-54(49)59(53-43-31-38(57(3,4)5)23-27-52(43)64-56(53)61)46-30-37(45-33-63-51-19-12-10-15-42(45)51)22-26-47(46)60(48)40-24-20-36(21-25-40)44-32-62-50-18-11-9-14-41(44)50/h9-33H,1-8H3. The molecule has 0 fully saturated rings. The number of rotatable bonds is 4. The van der Waals surface area contributed by atoms with Crippen LogP contribution < -0.4 is 26.2 Å². The van der Waals surface area contributed by atoms with Crippen LogP contribution in [-0.4, -0.2) is 6.71 Å². The van der Waals surface area contributed by atoms with Gasteiger partial charge in [-0.2, -0.15) is 0 Å². The average Bonchev–Trinajstić information content (AvgIpc) is 4.02. The molecule has 312 valence electrons. The minimum absolute atomic E-state index is 0.00626. The Morgan fingerprint density at radius 3 is 1.70 bits per heavy atom. The molecule has 0 spiro atoms. The second-order valence-corrected chi connectivity index (χ2v) is 22.8. The van der Waals surface area contributed by atoms with Crippen LogP contribution in [0.15, 0.2) is 150 Å². The summed E-state index contributed by atoms with van der Waals surface area (Å²) in [4.78, 5) is 5.20. The molecular formula is C58H49BN2S3. The van der Waals surface area contributed by atoms with E-state index < -0.39 is 0 Å². The molecule has 12 rings (SSSR count). The fourth-order valence-corrected chi connectivity index (χ4v) is 13.7. The van der Waals surface area contributed by atoms with E-state index in [-0.39, 0.29) is 17.5 Å². The summed E-state index contributed by atoms with van der Waals surface area (Å²) in [6.45, 7) is 18.7. The van der Waals surface area contributed by atoms with Gasteiger partial charge in [0, 0.05) is 58.7 Å². The van der Waals surface area contributed by atoms with E-state index in [0.29, 0.717) is 0 Å². The lowest BCUT2D eigenvalue weighted by Gasteiger charge is -2.44. The Hall–Kier alpha value is -5.92. The lowest BCUT2D eigenvalue weighted by atomic mass is 9.33. The first-order valence-corrected chi connectivity index (χ1v) is 25.0. The molecule has 3 aromatic heterocycles. The molecule has 0 aliphatic carbocycles. The SMILES string of the molecule is Cc1cc(C(C)(C)C)cc(C)c1N1c2cccc3c2B(c2cc(-c4csc5ccccc45)ccc2N3c2ccc(-c3csc4ccccc34)cc2)c2c1sc1ccc(C(C)(C)C)cc21. The van der Waals surface area contributed by atoms with Crippen molar-refractivity contribution >= 4 is 121 Å². The molecule has 2 aliphatic heterocycles. The second kappa shape index (κ2) is 14.3. The number of hydrogen-bond acceptors (Lipinski definition) is 5. The summed E-state index contributed by atoms with van der Waals surface area (Å²) < 4.78 is 3.97. The molecule has 0 atom stereocenters. The predicted molar refractivity (Wildman–Crippen MR) is 284 cm³/mol. The Labute approximate surface area is 389 Å². The summed E-state index contributed by atoms with van der Waals surface area (Å²) in [6.07, 6.45) is 0. The van der Waals surface area contributed by atoms with Crippen LogP contribution in [0.3, 0.4) is 0 Å². The molecular weight excluding hydrogens is 832 g/mol. The van der Waals surface area contributed by atoms with Crippen molar-refractivity contribution in [3.63, 3.8) is 0 Å². The van der Waals surface area contributed by atoms with Crippen molar-refractivity contribution in [3.8, 4) is 22.3 Å². The number of fused-ring (bicyclic) bond motifs is 8. The van der Waals surface area contributed by atoms with Gasteiger partial charge < -0.3 is 9.80 Å². The maximum Gasteiger partial charge on any atom is 0.254 e. The molecule has 2 nitrogen and oxygen atoms in total. The topological polar surface area (TPSA) is 6.48 Å². The van der Waals surface area contributed by atoms with Crippen molar-refractivity contribution in [2.24, 2.45) is 0 Å². The Morgan fingerprint density at radius 2 is 1.06 bits per heavy atom. The molecule has 6 heteroatoms. The van der Waals surface area contributed by atoms with Gasteiger partial charge in [0.05, 0.1) is 10.7 Å². The zero-order valence-corrected chi connectivity index (χ0v) is 40.1. The number of nitrogens with zero attached hydrogens (tertiary/aromatic N) is 2. The van der Waals surface area contributed by atoms with Crippen molar-refractivity contribution in [1.29, 1.82) is 0 Å². The van der Waals surface area contributed by atoms with E-state index in [9.17, 15) is 0 Å². The molecule has 5 heterocycles. The average molecular weight is 881 g/mol. The van der Waals surface area contributed by atoms with Gasteiger partial charge in [0.15, 0.2) is 0 Å². The first-order chi connectivity index (χ1) is 30.8. The van der Waals surface area contributed by atoms with E-state index in [1.54, 1.807) is 0 Å². The minimum Gasteiger partial charge on any atom is -0.311 e. The minimum atomic E-state index is 0.00626. The third-order valence-corrected chi connectivity index (χ3v) is 16.9. The van der Waals surface area contributed by atoms with E-state index in [1.807, 2.05) is 34.0 Å². The molecule has 0 radical (unpaired) electrons. The highest BCUT2D eigenvalue weighted by atomic mass is 32.1. The predicted octanol–water partition coefficient (Wildman–Crippen LogP) is 16.0.